The van der Waals surface area contributed by atoms with Gasteiger partial charge in [-0.15, -0.1) is 35.3 Å². The van der Waals surface area contributed by atoms with Crippen molar-refractivity contribution < 1.29 is 9.13 Å². The van der Waals surface area contributed by atoms with E-state index in [-0.39, 0.29) is 35.5 Å². The molecule has 0 atom stereocenters. The first-order chi connectivity index (χ1) is 12.0. The number of guanidine groups is 1. The van der Waals surface area contributed by atoms with Gasteiger partial charge in [0.2, 0.25) is 0 Å². The van der Waals surface area contributed by atoms with Crippen LogP contribution in [0, 0.1) is 5.82 Å². The smallest absolute Gasteiger partial charge is 0.191 e. The fourth-order valence-electron chi connectivity index (χ4n) is 2.15. The minimum absolute atomic E-state index is 0. The Balaban J connectivity index is 0.00000338. The fraction of sp³-hybridized carbons (Fsp3) is 0.444. The highest BCUT2D eigenvalue weighted by atomic mass is 127. The molecule has 0 aliphatic rings. The van der Waals surface area contributed by atoms with Crippen LogP contribution in [0.5, 0.6) is 5.75 Å². The van der Waals surface area contributed by atoms with Gasteiger partial charge >= 0.3 is 0 Å². The Morgan fingerprint density at radius 1 is 1.35 bits per heavy atom. The second-order valence-corrected chi connectivity index (χ2v) is 6.78. The monoisotopic (exact) mass is 492 g/mol. The number of nitrogens with zero attached hydrogens (tertiary/aromatic N) is 2. The van der Waals surface area contributed by atoms with E-state index >= 15 is 0 Å². The van der Waals surface area contributed by atoms with Crippen molar-refractivity contribution in [3.05, 3.63) is 45.7 Å². The third-order valence-electron chi connectivity index (χ3n) is 3.55. The van der Waals surface area contributed by atoms with Gasteiger partial charge in [0, 0.05) is 11.9 Å². The van der Waals surface area contributed by atoms with E-state index < -0.39 is 0 Å². The third-order valence-corrected chi connectivity index (χ3v) is 4.42. The van der Waals surface area contributed by atoms with Crippen molar-refractivity contribution in [1.29, 1.82) is 0 Å². The molecule has 0 saturated heterocycles. The van der Waals surface area contributed by atoms with Crippen LogP contribution in [-0.4, -0.2) is 24.6 Å². The number of aromatic nitrogens is 1. The highest BCUT2D eigenvalue weighted by molar-refractivity contribution is 14.0. The second kappa shape index (κ2) is 11.3. The summed E-state index contributed by atoms with van der Waals surface area (Å²) in [6.07, 6.45) is 0. The summed E-state index contributed by atoms with van der Waals surface area (Å²) in [5.74, 6) is 0.969. The van der Waals surface area contributed by atoms with E-state index in [4.69, 9.17) is 4.74 Å². The van der Waals surface area contributed by atoms with Gasteiger partial charge < -0.3 is 15.4 Å². The second-order valence-electron chi connectivity index (χ2n) is 5.84. The van der Waals surface area contributed by atoms with Crippen LogP contribution in [0.25, 0.3) is 0 Å². The van der Waals surface area contributed by atoms with Crippen LogP contribution >= 0.6 is 35.3 Å². The van der Waals surface area contributed by atoms with Gasteiger partial charge in [0.05, 0.1) is 25.9 Å². The number of hydrogen-bond acceptors (Lipinski definition) is 4. The maximum atomic E-state index is 13.7. The molecule has 1 heterocycles. The van der Waals surface area contributed by atoms with Crippen molar-refractivity contribution in [2.45, 2.75) is 39.8 Å². The maximum absolute atomic E-state index is 13.7. The quantitative estimate of drug-likeness (QED) is 0.344. The molecule has 0 spiro atoms. The molecule has 26 heavy (non-hydrogen) atoms. The van der Waals surface area contributed by atoms with Crippen LogP contribution in [-0.2, 0) is 13.1 Å². The Kier molecular flexibility index (Phi) is 9.85. The van der Waals surface area contributed by atoms with E-state index in [9.17, 15) is 4.39 Å². The van der Waals surface area contributed by atoms with Crippen LogP contribution in [0.1, 0.15) is 43.0 Å². The largest absolute Gasteiger partial charge is 0.494 e. The van der Waals surface area contributed by atoms with Gasteiger partial charge in [0.15, 0.2) is 17.5 Å². The van der Waals surface area contributed by atoms with Gasteiger partial charge in [-0.1, -0.05) is 19.9 Å². The zero-order chi connectivity index (χ0) is 18.2. The molecule has 2 N–H and O–H groups in total. The van der Waals surface area contributed by atoms with Crippen LogP contribution in [0.3, 0.4) is 0 Å². The summed E-state index contributed by atoms with van der Waals surface area (Å²) in [5, 5.41) is 9.56. The van der Waals surface area contributed by atoms with Gasteiger partial charge in [0.25, 0.3) is 0 Å². The van der Waals surface area contributed by atoms with Crippen molar-refractivity contribution >= 4 is 41.3 Å². The summed E-state index contributed by atoms with van der Waals surface area (Å²) >= 11 is 1.64. The van der Waals surface area contributed by atoms with E-state index in [0.29, 0.717) is 25.0 Å². The first-order valence-corrected chi connectivity index (χ1v) is 9.20. The van der Waals surface area contributed by atoms with E-state index in [1.165, 1.54) is 13.2 Å². The van der Waals surface area contributed by atoms with Crippen molar-refractivity contribution in [1.82, 2.24) is 15.6 Å². The standard InChI is InChI=1S/C18H25FN4OS.HI/c1-5-20-18(22-10-17-23-15(11-25-17)12(2)3)21-9-13-6-7-16(24-4)14(19)8-13;/h6-8,11-12H,5,9-10H2,1-4H3,(H2,20,21,22);1H. The molecule has 0 radical (unpaired) electrons. The number of hydrogen-bond donors (Lipinski definition) is 2. The molecular formula is C18H26FIN4OS. The highest BCUT2D eigenvalue weighted by Gasteiger charge is 2.07. The predicted octanol–water partition coefficient (Wildman–Crippen LogP) is 4.29. The molecule has 0 unspecified atom stereocenters. The van der Waals surface area contributed by atoms with Crippen molar-refractivity contribution in [2.75, 3.05) is 13.7 Å². The lowest BCUT2D eigenvalue weighted by Crippen LogP contribution is -2.36. The molecule has 1 aromatic carbocycles. The summed E-state index contributed by atoms with van der Waals surface area (Å²) in [5.41, 5.74) is 1.89. The Labute approximate surface area is 175 Å². The Hall–Kier alpha value is -1.42. The molecule has 0 aliphatic heterocycles. The number of rotatable bonds is 7. The average Bonchev–Trinajstić information content (AvgIpc) is 3.07. The molecule has 0 bridgehead atoms. The molecule has 144 valence electrons. The molecule has 5 nitrogen and oxygen atoms in total. The normalized spacial score (nSPS) is 11.2. The number of aliphatic imine (C=N–C) groups is 1. The Morgan fingerprint density at radius 3 is 2.69 bits per heavy atom. The molecule has 2 aromatic rings. The number of methoxy groups -OCH3 is 1. The first-order valence-electron chi connectivity index (χ1n) is 8.32. The van der Waals surface area contributed by atoms with E-state index in [2.05, 4.69) is 39.8 Å². The van der Waals surface area contributed by atoms with Crippen molar-refractivity contribution in [3.8, 4) is 5.75 Å². The number of halogens is 2. The highest BCUT2D eigenvalue weighted by Crippen LogP contribution is 2.18. The van der Waals surface area contributed by atoms with Gasteiger partial charge in [-0.3, -0.25) is 0 Å². The van der Waals surface area contributed by atoms with E-state index in [1.807, 2.05) is 13.0 Å². The summed E-state index contributed by atoms with van der Waals surface area (Å²) in [7, 11) is 1.45. The van der Waals surface area contributed by atoms with E-state index in [0.717, 1.165) is 22.8 Å². The molecule has 1 aromatic heterocycles. The lowest BCUT2D eigenvalue weighted by Gasteiger charge is -2.10. The lowest BCUT2D eigenvalue weighted by atomic mass is 10.2. The van der Waals surface area contributed by atoms with Gasteiger partial charge in [-0.05, 0) is 30.5 Å². The molecule has 0 aliphatic carbocycles. The molecule has 8 heteroatoms. The van der Waals surface area contributed by atoms with Gasteiger partial charge in [-0.2, -0.15) is 0 Å². The number of nitrogens with one attached hydrogen (secondary N) is 2. The minimum atomic E-state index is -0.378. The van der Waals surface area contributed by atoms with Crippen molar-refractivity contribution in [2.24, 2.45) is 4.99 Å². The van der Waals surface area contributed by atoms with Crippen LogP contribution in [0.2, 0.25) is 0 Å². The van der Waals surface area contributed by atoms with Crippen LogP contribution in [0.4, 0.5) is 4.39 Å². The molecule has 0 fully saturated rings. The summed E-state index contributed by atoms with van der Waals surface area (Å²) in [4.78, 5) is 9.10. The minimum Gasteiger partial charge on any atom is -0.494 e. The third kappa shape index (κ3) is 6.71. The van der Waals surface area contributed by atoms with Crippen molar-refractivity contribution in [3.63, 3.8) is 0 Å². The maximum Gasteiger partial charge on any atom is 0.191 e. The zero-order valence-corrected chi connectivity index (χ0v) is 18.7. The Bertz CT molecular complexity index is 721. The molecule has 0 saturated carbocycles. The fourth-order valence-corrected chi connectivity index (χ4v) is 3.05. The molecule has 2 rings (SSSR count). The summed E-state index contributed by atoms with van der Waals surface area (Å²) < 4.78 is 18.7. The number of benzene rings is 1. The Morgan fingerprint density at radius 2 is 2.12 bits per heavy atom. The van der Waals surface area contributed by atoms with Crippen LogP contribution in [0.15, 0.2) is 28.6 Å². The van der Waals surface area contributed by atoms with Gasteiger partial charge in [0.1, 0.15) is 5.01 Å². The number of thiazole rings is 1. The zero-order valence-electron chi connectivity index (χ0n) is 15.5. The molecule has 0 amide bonds. The van der Waals surface area contributed by atoms with Gasteiger partial charge in [-0.25, -0.2) is 14.4 Å². The summed E-state index contributed by atoms with van der Waals surface area (Å²) in [6.45, 7) is 8.01. The SMILES string of the molecule is CCNC(=NCc1ccc(OC)c(F)c1)NCc1nc(C(C)C)cs1.I. The van der Waals surface area contributed by atoms with E-state index in [1.54, 1.807) is 17.4 Å². The molecular weight excluding hydrogens is 466 g/mol. The summed E-state index contributed by atoms with van der Waals surface area (Å²) in [6, 6.07) is 4.87. The number of ether oxygens (including phenoxy) is 1. The topological polar surface area (TPSA) is 58.5 Å². The van der Waals surface area contributed by atoms with Crippen LogP contribution < -0.4 is 15.4 Å². The first kappa shape index (κ1) is 22.6. The predicted molar refractivity (Wildman–Crippen MR) is 116 cm³/mol. The lowest BCUT2D eigenvalue weighted by molar-refractivity contribution is 0.386. The average molecular weight is 492 g/mol.